The third kappa shape index (κ3) is 5.04. The smallest absolute Gasteiger partial charge is 0.323 e. The number of morpholine rings is 1. The van der Waals surface area contributed by atoms with E-state index in [-0.39, 0.29) is 18.5 Å². The largest absolute Gasteiger partial charge is 0.480 e. The first-order chi connectivity index (χ1) is 11.5. The van der Waals surface area contributed by atoms with Crippen molar-refractivity contribution in [1.29, 1.82) is 0 Å². The molecule has 0 aromatic heterocycles. The molecule has 0 unspecified atom stereocenters. The van der Waals surface area contributed by atoms with Crippen LogP contribution in [0.15, 0.2) is 30.3 Å². The van der Waals surface area contributed by atoms with Crippen LogP contribution in [0.5, 0.6) is 0 Å². The lowest BCUT2D eigenvalue weighted by molar-refractivity contribution is -0.157. The Hall–Kier alpha value is -1.92. The van der Waals surface area contributed by atoms with Crippen molar-refractivity contribution in [2.75, 3.05) is 26.2 Å². The Morgan fingerprint density at radius 3 is 2.71 bits per heavy atom. The van der Waals surface area contributed by atoms with Crippen molar-refractivity contribution < 1.29 is 19.4 Å². The van der Waals surface area contributed by atoms with Gasteiger partial charge < -0.3 is 14.7 Å². The Labute approximate surface area is 143 Å². The first-order valence-electron chi connectivity index (χ1n) is 8.41. The van der Waals surface area contributed by atoms with Crippen LogP contribution in [-0.2, 0) is 20.9 Å². The highest BCUT2D eigenvalue weighted by molar-refractivity contribution is 5.85. The topological polar surface area (TPSA) is 70.1 Å². The maximum Gasteiger partial charge on any atom is 0.323 e. The number of carbonyl (C=O) groups excluding carboxylic acids is 1. The second kappa shape index (κ2) is 8.80. The number of hydrogen-bond donors (Lipinski definition) is 1. The Morgan fingerprint density at radius 1 is 1.38 bits per heavy atom. The van der Waals surface area contributed by atoms with Crippen molar-refractivity contribution in [3.05, 3.63) is 35.9 Å². The van der Waals surface area contributed by atoms with Crippen LogP contribution < -0.4 is 0 Å². The molecule has 24 heavy (non-hydrogen) atoms. The highest BCUT2D eigenvalue weighted by Crippen LogP contribution is 2.14. The fourth-order valence-electron chi connectivity index (χ4n) is 2.84. The molecule has 0 saturated carbocycles. The van der Waals surface area contributed by atoms with E-state index < -0.39 is 12.1 Å². The van der Waals surface area contributed by atoms with Crippen molar-refractivity contribution in [3.63, 3.8) is 0 Å². The van der Waals surface area contributed by atoms with Crippen LogP contribution in [0.1, 0.15) is 25.8 Å². The third-order valence-corrected chi connectivity index (χ3v) is 4.39. The van der Waals surface area contributed by atoms with E-state index in [0.717, 1.165) is 13.1 Å². The van der Waals surface area contributed by atoms with Crippen molar-refractivity contribution in [3.8, 4) is 0 Å². The van der Waals surface area contributed by atoms with Crippen LogP contribution in [-0.4, -0.2) is 65.2 Å². The number of carbonyl (C=O) groups is 2. The number of amides is 1. The zero-order valence-electron chi connectivity index (χ0n) is 14.4. The molecule has 1 amide bonds. The van der Waals surface area contributed by atoms with Gasteiger partial charge in [0, 0.05) is 25.7 Å². The lowest BCUT2D eigenvalue weighted by Gasteiger charge is -2.36. The second-order valence-corrected chi connectivity index (χ2v) is 6.20. The number of benzene rings is 1. The molecule has 0 spiro atoms. The quantitative estimate of drug-likeness (QED) is 0.820. The monoisotopic (exact) mass is 334 g/mol. The van der Waals surface area contributed by atoms with E-state index >= 15 is 0 Å². The van der Waals surface area contributed by atoms with E-state index in [1.165, 1.54) is 10.5 Å². The SMILES string of the molecule is CC[C@@H](C)N(CC(=O)O)C(=O)[C@@H]1CN(Cc2ccccc2)CCO1. The van der Waals surface area contributed by atoms with Crippen molar-refractivity contribution in [1.82, 2.24) is 9.80 Å². The molecule has 0 aliphatic carbocycles. The molecule has 6 heteroatoms. The van der Waals surface area contributed by atoms with E-state index in [1.54, 1.807) is 0 Å². The summed E-state index contributed by atoms with van der Waals surface area (Å²) in [5, 5.41) is 9.08. The molecule has 1 heterocycles. The van der Waals surface area contributed by atoms with Gasteiger partial charge in [-0.2, -0.15) is 0 Å². The average molecular weight is 334 g/mol. The summed E-state index contributed by atoms with van der Waals surface area (Å²) in [6.07, 6.45) is 0.107. The summed E-state index contributed by atoms with van der Waals surface area (Å²) in [6.45, 7) is 6.01. The predicted molar refractivity (Wildman–Crippen MR) is 90.6 cm³/mol. The van der Waals surface area contributed by atoms with Crippen molar-refractivity contribution in [2.24, 2.45) is 0 Å². The maximum atomic E-state index is 12.7. The van der Waals surface area contributed by atoms with Gasteiger partial charge in [-0.1, -0.05) is 37.3 Å². The van der Waals surface area contributed by atoms with E-state index in [4.69, 9.17) is 9.84 Å². The van der Waals surface area contributed by atoms with Gasteiger partial charge in [-0.15, -0.1) is 0 Å². The third-order valence-electron chi connectivity index (χ3n) is 4.39. The summed E-state index contributed by atoms with van der Waals surface area (Å²) in [5.41, 5.74) is 1.19. The van der Waals surface area contributed by atoms with Gasteiger partial charge in [0.15, 0.2) is 0 Å². The summed E-state index contributed by atoms with van der Waals surface area (Å²) in [6, 6.07) is 9.96. The van der Waals surface area contributed by atoms with Gasteiger partial charge in [0.25, 0.3) is 5.91 Å². The number of nitrogens with zero attached hydrogens (tertiary/aromatic N) is 2. The zero-order valence-corrected chi connectivity index (χ0v) is 14.4. The van der Waals surface area contributed by atoms with Gasteiger partial charge >= 0.3 is 5.97 Å². The summed E-state index contributed by atoms with van der Waals surface area (Å²) in [4.78, 5) is 27.4. The number of rotatable bonds is 7. The molecule has 1 saturated heterocycles. The Bertz CT molecular complexity index is 549. The van der Waals surface area contributed by atoms with Gasteiger partial charge in [0.1, 0.15) is 12.6 Å². The van der Waals surface area contributed by atoms with Gasteiger partial charge in [-0.3, -0.25) is 14.5 Å². The van der Waals surface area contributed by atoms with E-state index in [9.17, 15) is 9.59 Å². The lowest BCUT2D eigenvalue weighted by atomic mass is 10.1. The highest BCUT2D eigenvalue weighted by atomic mass is 16.5. The predicted octanol–water partition coefficient (Wildman–Crippen LogP) is 1.60. The van der Waals surface area contributed by atoms with Gasteiger partial charge in [0.05, 0.1) is 6.61 Å². The van der Waals surface area contributed by atoms with Crippen LogP contribution >= 0.6 is 0 Å². The van der Waals surface area contributed by atoms with Crippen LogP contribution in [0.25, 0.3) is 0 Å². The Kier molecular flexibility index (Phi) is 6.75. The minimum atomic E-state index is -0.999. The summed E-state index contributed by atoms with van der Waals surface area (Å²) >= 11 is 0. The number of aliphatic carboxylic acids is 1. The minimum absolute atomic E-state index is 0.123. The van der Waals surface area contributed by atoms with E-state index in [0.29, 0.717) is 19.6 Å². The van der Waals surface area contributed by atoms with Crippen LogP contribution in [0.2, 0.25) is 0 Å². The highest BCUT2D eigenvalue weighted by Gasteiger charge is 2.32. The molecule has 1 aromatic rings. The first kappa shape index (κ1) is 18.4. The van der Waals surface area contributed by atoms with E-state index in [2.05, 4.69) is 17.0 Å². The fraction of sp³-hybridized carbons (Fsp3) is 0.556. The molecule has 0 radical (unpaired) electrons. The van der Waals surface area contributed by atoms with Crippen molar-refractivity contribution in [2.45, 2.75) is 39.0 Å². The zero-order chi connectivity index (χ0) is 17.5. The fourth-order valence-corrected chi connectivity index (χ4v) is 2.84. The number of carboxylic acids is 1. The average Bonchev–Trinajstić information content (AvgIpc) is 2.59. The standard InChI is InChI=1S/C18H26N2O4/c1-3-14(2)20(13-17(21)22)18(23)16-12-19(9-10-24-16)11-15-7-5-4-6-8-15/h4-8,14,16H,3,9-13H2,1-2H3,(H,21,22)/t14-,16+/m1/s1. The van der Waals surface area contributed by atoms with Gasteiger partial charge in [-0.05, 0) is 18.9 Å². The molecule has 1 N–H and O–H groups in total. The van der Waals surface area contributed by atoms with Crippen LogP contribution in [0, 0.1) is 0 Å². The summed E-state index contributed by atoms with van der Waals surface area (Å²) in [5.74, 6) is -1.23. The van der Waals surface area contributed by atoms with Crippen molar-refractivity contribution >= 4 is 11.9 Å². The molecule has 2 atom stereocenters. The molecule has 132 valence electrons. The molecule has 1 aliphatic heterocycles. The molecule has 1 fully saturated rings. The molecule has 1 aromatic carbocycles. The molecule has 6 nitrogen and oxygen atoms in total. The molecule has 1 aliphatic rings. The maximum absolute atomic E-state index is 12.7. The van der Waals surface area contributed by atoms with Gasteiger partial charge in [-0.25, -0.2) is 0 Å². The summed E-state index contributed by atoms with van der Waals surface area (Å²) < 4.78 is 5.64. The second-order valence-electron chi connectivity index (χ2n) is 6.20. The summed E-state index contributed by atoms with van der Waals surface area (Å²) in [7, 11) is 0. The Morgan fingerprint density at radius 2 is 2.08 bits per heavy atom. The Balaban J connectivity index is 2.01. The molecular formula is C18H26N2O4. The molecule has 0 bridgehead atoms. The number of carboxylic acid groups (broad SMARTS) is 1. The molecule has 2 rings (SSSR count). The number of hydrogen-bond acceptors (Lipinski definition) is 4. The normalized spacial score (nSPS) is 19.7. The van der Waals surface area contributed by atoms with E-state index in [1.807, 2.05) is 32.0 Å². The lowest BCUT2D eigenvalue weighted by Crippen LogP contribution is -2.53. The van der Waals surface area contributed by atoms with Crippen LogP contribution in [0.4, 0.5) is 0 Å². The first-order valence-corrected chi connectivity index (χ1v) is 8.41. The van der Waals surface area contributed by atoms with Gasteiger partial charge in [0.2, 0.25) is 0 Å². The minimum Gasteiger partial charge on any atom is -0.480 e. The number of ether oxygens (including phenoxy) is 1. The van der Waals surface area contributed by atoms with Crippen LogP contribution in [0.3, 0.4) is 0 Å². The molecular weight excluding hydrogens is 308 g/mol.